The summed E-state index contributed by atoms with van der Waals surface area (Å²) >= 11 is 0. The molecule has 0 heterocycles. The molecule has 0 radical (unpaired) electrons. The lowest BCUT2D eigenvalue weighted by atomic mass is 9.97. The Labute approximate surface area is 136 Å². The highest BCUT2D eigenvalue weighted by molar-refractivity contribution is 5.90. The van der Waals surface area contributed by atoms with Crippen LogP contribution in [-0.2, 0) is 20.8 Å². The van der Waals surface area contributed by atoms with Crippen molar-refractivity contribution in [3.8, 4) is 0 Å². The van der Waals surface area contributed by atoms with Crippen LogP contribution < -0.4 is 10.6 Å². The van der Waals surface area contributed by atoms with Crippen molar-refractivity contribution >= 4 is 17.8 Å². The summed E-state index contributed by atoms with van der Waals surface area (Å²) in [5, 5.41) is 14.5. The standard InChI is InChI=1S/C17H24N2O4/c1-4-11(2)15(18-12(3)20)16(21)19-14(17(22)23)10-13-8-6-5-7-9-13/h5-9,11,14-15H,4,10H2,1-3H3,(H,18,20)(H,19,21)(H,22,23). The molecule has 1 aromatic rings. The lowest BCUT2D eigenvalue weighted by Crippen LogP contribution is -2.54. The van der Waals surface area contributed by atoms with Crippen LogP contribution in [0.2, 0.25) is 0 Å². The molecule has 6 nitrogen and oxygen atoms in total. The molecule has 0 aromatic heterocycles. The van der Waals surface area contributed by atoms with E-state index in [-0.39, 0.29) is 18.2 Å². The predicted molar refractivity (Wildman–Crippen MR) is 86.8 cm³/mol. The monoisotopic (exact) mass is 320 g/mol. The number of carbonyl (C=O) groups excluding carboxylic acids is 2. The lowest BCUT2D eigenvalue weighted by molar-refractivity contribution is -0.142. The molecule has 0 saturated heterocycles. The van der Waals surface area contributed by atoms with Crippen LogP contribution in [0.25, 0.3) is 0 Å². The molecule has 0 aliphatic carbocycles. The van der Waals surface area contributed by atoms with E-state index in [1.807, 2.05) is 44.2 Å². The number of carbonyl (C=O) groups is 3. The number of aliphatic carboxylic acids is 1. The van der Waals surface area contributed by atoms with E-state index in [0.717, 1.165) is 5.56 Å². The van der Waals surface area contributed by atoms with Crippen molar-refractivity contribution in [3.63, 3.8) is 0 Å². The van der Waals surface area contributed by atoms with Gasteiger partial charge in [0.25, 0.3) is 0 Å². The number of hydrogen-bond acceptors (Lipinski definition) is 3. The molecular weight excluding hydrogens is 296 g/mol. The molecule has 0 fully saturated rings. The van der Waals surface area contributed by atoms with Crippen LogP contribution in [0, 0.1) is 5.92 Å². The van der Waals surface area contributed by atoms with Crippen molar-refractivity contribution in [1.29, 1.82) is 0 Å². The molecular formula is C17H24N2O4. The average molecular weight is 320 g/mol. The van der Waals surface area contributed by atoms with Crippen molar-refractivity contribution in [2.24, 2.45) is 5.92 Å². The van der Waals surface area contributed by atoms with Crippen LogP contribution in [0.1, 0.15) is 32.8 Å². The van der Waals surface area contributed by atoms with E-state index in [1.54, 1.807) is 0 Å². The second-order valence-corrected chi connectivity index (χ2v) is 5.65. The summed E-state index contributed by atoms with van der Waals surface area (Å²) in [5.74, 6) is -1.99. The van der Waals surface area contributed by atoms with Gasteiger partial charge in [-0.15, -0.1) is 0 Å². The van der Waals surface area contributed by atoms with Crippen LogP contribution in [0.15, 0.2) is 30.3 Å². The molecule has 3 unspecified atom stereocenters. The average Bonchev–Trinajstić information content (AvgIpc) is 2.51. The minimum atomic E-state index is -1.10. The second-order valence-electron chi connectivity index (χ2n) is 5.65. The number of hydrogen-bond donors (Lipinski definition) is 3. The number of carboxylic acids is 1. The van der Waals surface area contributed by atoms with Gasteiger partial charge in [-0.05, 0) is 11.5 Å². The van der Waals surface area contributed by atoms with Gasteiger partial charge in [-0.3, -0.25) is 9.59 Å². The third kappa shape index (κ3) is 6.10. The first-order valence-electron chi connectivity index (χ1n) is 7.69. The molecule has 1 rings (SSSR count). The molecule has 0 aliphatic heterocycles. The van der Waals surface area contributed by atoms with Gasteiger partial charge in [0.05, 0.1) is 0 Å². The van der Waals surface area contributed by atoms with E-state index in [9.17, 15) is 19.5 Å². The minimum absolute atomic E-state index is 0.0925. The highest BCUT2D eigenvalue weighted by atomic mass is 16.4. The van der Waals surface area contributed by atoms with Crippen molar-refractivity contribution in [3.05, 3.63) is 35.9 Å². The molecule has 0 spiro atoms. The van der Waals surface area contributed by atoms with Crippen molar-refractivity contribution in [2.75, 3.05) is 0 Å². The first kappa shape index (κ1) is 18.7. The Morgan fingerprint density at radius 2 is 1.74 bits per heavy atom. The first-order valence-corrected chi connectivity index (χ1v) is 7.69. The molecule has 126 valence electrons. The number of rotatable bonds is 8. The maximum absolute atomic E-state index is 12.4. The van der Waals surface area contributed by atoms with Crippen molar-refractivity contribution in [1.82, 2.24) is 10.6 Å². The van der Waals surface area contributed by atoms with Crippen LogP contribution in [0.5, 0.6) is 0 Å². The summed E-state index contributed by atoms with van der Waals surface area (Å²) in [6.45, 7) is 5.08. The van der Waals surface area contributed by atoms with Gasteiger partial charge >= 0.3 is 5.97 Å². The fourth-order valence-corrected chi connectivity index (χ4v) is 2.23. The van der Waals surface area contributed by atoms with E-state index in [4.69, 9.17) is 0 Å². The van der Waals surface area contributed by atoms with Gasteiger partial charge in [0.2, 0.25) is 11.8 Å². The summed E-state index contributed by atoms with van der Waals surface area (Å²) in [6, 6.07) is 7.31. The first-order chi connectivity index (χ1) is 10.8. The number of benzene rings is 1. The van der Waals surface area contributed by atoms with E-state index >= 15 is 0 Å². The van der Waals surface area contributed by atoms with E-state index in [0.29, 0.717) is 6.42 Å². The largest absolute Gasteiger partial charge is 0.480 e. The zero-order chi connectivity index (χ0) is 17.4. The SMILES string of the molecule is CCC(C)C(NC(C)=O)C(=O)NC(Cc1ccccc1)C(=O)O. The van der Waals surface area contributed by atoms with E-state index < -0.39 is 24.0 Å². The van der Waals surface area contributed by atoms with Gasteiger partial charge in [-0.2, -0.15) is 0 Å². The number of nitrogens with one attached hydrogen (secondary N) is 2. The third-order valence-electron chi connectivity index (χ3n) is 3.75. The molecule has 23 heavy (non-hydrogen) atoms. The smallest absolute Gasteiger partial charge is 0.326 e. The Kier molecular flexibility index (Phi) is 7.25. The summed E-state index contributed by atoms with van der Waals surface area (Å²) < 4.78 is 0. The van der Waals surface area contributed by atoms with Gasteiger partial charge in [0.15, 0.2) is 0 Å². The Balaban J connectivity index is 2.82. The Bertz CT molecular complexity index is 545. The normalized spacial score (nSPS) is 14.4. The van der Waals surface area contributed by atoms with Gasteiger partial charge in [-0.1, -0.05) is 50.6 Å². The third-order valence-corrected chi connectivity index (χ3v) is 3.75. The topological polar surface area (TPSA) is 95.5 Å². The molecule has 0 saturated carbocycles. The molecule has 1 aromatic carbocycles. The van der Waals surface area contributed by atoms with Crippen molar-refractivity contribution < 1.29 is 19.5 Å². The summed E-state index contributed by atoms with van der Waals surface area (Å²) in [4.78, 5) is 35.1. The lowest BCUT2D eigenvalue weighted by Gasteiger charge is -2.25. The maximum atomic E-state index is 12.4. The van der Waals surface area contributed by atoms with Gasteiger partial charge in [0, 0.05) is 13.3 Å². The number of carboxylic acid groups (broad SMARTS) is 1. The maximum Gasteiger partial charge on any atom is 0.326 e. The summed E-state index contributed by atoms with van der Waals surface area (Å²) in [6.07, 6.45) is 0.879. The molecule has 6 heteroatoms. The number of amides is 2. The predicted octanol–water partition coefficient (Wildman–Crippen LogP) is 1.35. The van der Waals surface area contributed by atoms with Crippen molar-refractivity contribution in [2.45, 2.75) is 45.7 Å². The fraction of sp³-hybridized carbons (Fsp3) is 0.471. The van der Waals surface area contributed by atoms with E-state index in [2.05, 4.69) is 10.6 Å². The zero-order valence-electron chi connectivity index (χ0n) is 13.7. The minimum Gasteiger partial charge on any atom is -0.480 e. The molecule has 2 amide bonds. The second kappa shape index (κ2) is 8.92. The highest BCUT2D eigenvalue weighted by Gasteiger charge is 2.29. The Morgan fingerprint density at radius 3 is 2.22 bits per heavy atom. The molecule has 0 aliphatic rings. The van der Waals surface area contributed by atoms with Crippen LogP contribution in [-0.4, -0.2) is 35.0 Å². The highest BCUT2D eigenvalue weighted by Crippen LogP contribution is 2.10. The van der Waals surface area contributed by atoms with Crippen LogP contribution in [0.3, 0.4) is 0 Å². The molecule has 3 atom stereocenters. The van der Waals surface area contributed by atoms with Gasteiger partial charge < -0.3 is 15.7 Å². The Hall–Kier alpha value is -2.37. The molecule has 0 bridgehead atoms. The van der Waals surface area contributed by atoms with Crippen LogP contribution >= 0.6 is 0 Å². The summed E-state index contributed by atoms with van der Waals surface area (Å²) in [7, 11) is 0. The van der Waals surface area contributed by atoms with Gasteiger partial charge in [-0.25, -0.2) is 4.79 Å². The van der Waals surface area contributed by atoms with Gasteiger partial charge in [0.1, 0.15) is 12.1 Å². The summed E-state index contributed by atoms with van der Waals surface area (Å²) in [5.41, 5.74) is 0.819. The fourth-order valence-electron chi connectivity index (χ4n) is 2.23. The Morgan fingerprint density at radius 1 is 1.13 bits per heavy atom. The molecule has 3 N–H and O–H groups in total. The van der Waals surface area contributed by atoms with E-state index in [1.165, 1.54) is 6.92 Å². The van der Waals surface area contributed by atoms with Crippen LogP contribution in [0.4, 0.5) is 0 Å². The quantitative estimate of drug-likeness (QED) is 0.674. The zero-order valence-corrected chi connectivity index (χ0v) is 13.7.